The van der Waals surface area contributed by atoms with Crippen LogP contribution < -0.4 is 5.32 Å². The lowest BCUT2D eigenvalue weighted by molar-refractivity contribution is 0.447. The zero-order valence-corrected chi connectivity index (χ0v) is 13.5. The number of nitrogens with one attached hydrogen (secondary N) is 1. The van der Waals surface area contributed by atoms with Gasteiger partial charge in [-0.3, -0.25) is 0 Å². The van der Waals surface area contributed by atoms with E-state index in [1.807, 2.05) is 13.0 Å². The molecule has 0 aliphatic rings. The Bertz CT molecular complexity index is 523. The molecular weight excluding hydrogens is 334 g/mol. The SMILES string of the molecule is CCCNC(c1occc1Br)c1scc(C)c1Cl. The molecule has 0 saturated carbocycles. The van der Waals surface area contributed by atoms with Crippen LogP contribution in [0.5, 0.6) is 0 Å². The maximum Gasteiger partial charge on any atom is 0.140 e. The summed E-state index contributed by atoms with van der Waals surface area (Å²) in [6, 6.07) is 1.92. The van der Waals surface area contributed by atoms with E-state index in [1.165, 1.54) is 0 Å². The summed E-state index contributed by atoms with van der Waals surface area (Å²) >= 11 is 11.5. The first-order chi connectivity index (χ1) is 8.65. The topological polar surface area (TPSA) is 25.2 Å². The van der Waals surface area contributed by atoms with E-state index in [-0.39, 0.29) is 6.04 Å². The molecule has 0 saturated heterocycles. The van der Waals surface area contributed by atoms with E-state index in [1.54, 1.807) is 17.6 Å². The van der Waals surface area contributed by atoms with Crippen LogP contribution in [-0.2, 0) is 0 Å². The minimum atomic E-state index is 0.0144. The predicted octanol–water partition coefficient (Wildman–Crippen LogP) is 5.15. The molecular formula is C13H15BrClNOS. The zero-order chi connectivity index (χ0) is 13.1. The van der Waals surface area contributed by atoms with Gasteiger partial charge in [0.15, 0.2) is 0 Å². The Kier molecular flexibility index (Phi) is 4.90. The first kappa shape index (κ1) is 14.1. The van der Waals surface area contributed by atoms with Crippen molar-refractivity contribution >= 4 is 38.9 Å². The van der Waals surface area contributed by atoms with Gasteiger partial charge in [-0.2, -0.15) is 0 Å². The van der Waals surface area contributed by atoms with Crippen LogP contribution in [0.3, 0.4) is 0 Å². The summed E-state index contributed by atoms with van der Waals surface area (Å²) in [5.74, 6) is 0.882. The van der Waals surface area contributed by atoms with E-state index in [9.17, 15) is 0 Å². The average molecular weight is 349 g/mol. The summed E-state index contributed by atoms with van der Waals surface area (Å²) in [5, 5.41) is 6.39. The van der Waals surface area contributed by atoms with Crippen LogP contribution in [0.4, 0.5) is 0 Å². The molecule has 0 aliphatic carbocycles. The van der Waals surface area contributed by atoms with Gasteiger partial charge in [-0.05, 0) is 52.8 Å². The van der Waals surface area contributed by atoms with Crippen molar-refractivity contribution in [3.63, 3.8) is 0 Å². The number of furan rings is 1. The predicted molar refractivity (Wildman–Crippen MR) is 80.6 cm³/mol. The number of hydrogen-bond acceptors (Lipinski definition) is 3. The molecule has 5 heteroatoms. The molecule has 0 aliphatic heterocycles. The van der Waals surface area contributed by atoms with Gasteiger partial charge in [-0.15, -0.1) is 11.3 Å². The second-order valence-corrected chi connectivity index (χ2v) is 6.26. The van der Waals surface area contributed by atoms with E-state index in [0.29, 0.717) is 0 Å². The molecule has 1 atom stereocenters. The van der Waals surface area contributed by atoms with Crippen LogP contribution in [0.25, 0.3) is 0 Å². The molecule has 98 valence electrons. The number of hydrogen-bond donors (Lipinski definition) is 1. The third kappa shape index (κ3) is 2.82. The second-order valence-electron chi connectivity index (χ2n) is 4.12. The molecule has 18 heavy (non-hydrogen) atoms. The monoisotopic (exact) mass is 347 g/mol. The van der Waals surface area contributed by atoms with Crippen LogP contribution in [-0.4, -0.2) is 6.54 Å². The van der Waals surface area contributed by atoms with Gasteiger partial charge in [0.05, 0.1) is 15.8 Å². The third-order valence-electron chi connectivity index (χ3n) is 2.69. The van der Waals surface area contributed by atoms with E-state index in [0.717, 1.165) is 38.7 Å². The fourth-order valence-electron chi connectivity index (χ4n) is 1.75. The molecule has 2 aromatic rings. The van der Waals surface area contributed by atoms with Gasteiger partial charge in [0.2, 0.25) is 0 Å². The second kappa shape index (κ2) is 6.24. The normalized spacial score (nSPS) is 12.9. The van der Waals surface area contributed by atoms with Crippen molar-refractivity contribution in [3.8, 4) is 0 Å². The summed E-state index contributed by atoms with van der Waals surface area (Å²) in [6.07, 6.45) is 2.76. The maximum absolute atomic E-state index is 6.37. The van der Waals surface area contributed by atoms with Crippen molar-refractivity contribution in [2.24, 2.45) is 0 Å². The molecule has 2 rings (SSSR count). The van der Waals surface area contributed by atoms with Gasteiger partial charge in [0.1, 0.15) is 11.8 Å². The van der Waals surface area contributed by atoms with E-state index in [4.69, 9.17) is 16.0 Å². The van der Waals surface area contributed by atoms with Gasteiger partial charge < -0.3 is 9.73 Å². The third-order valence-corrected chi connectivity index (χ3v) is 5.13. The van der Waals surface area contributed by atoms with Crippen molar-refractivity contribution in [1.82, 2.24) is 5.32 Å². The molecule has 0 bridgehead atoms. The molecule has 0 spiro atoms. The quantitative estimate of drug-likeness (QED) is 0.808. The molecule has 2 heterocycles. The first-order valence-corrected chi connectivity index (χ1v) is 7.90. The van der Waals surface area contributed by atoms with Gasteiger partial charge in [0.25, 0.3) is 0 Å². The van der Waals surface area contributed by atoms with Crippen LogP contribution in [0.15, 0.2) is 26.6 Å². The molecule has 0 aromatic carbocycles. The lowest BCUT2D eigenvalue weighted by Gasteiger charge is -2.16. The highest BCUT2D eigenvalue weighted by atomic mass is 79.9. The Labute approximate surface area is 124 Å². The smallest absolute Gasteiger partial charge is 0.140 e. The summed E-state index contributed by atoms with van der Waals surface area (Å²) < 4.78 is 6.55. The molecule has 2 aromatic heterocycles. The van der Waals surface area contributed by atoms with Crippen molar-refractivity contribution in [2.45, 2.75) is 26.3 Å². The number of thiophene rings is 1. The van der Waals surface area contributed by atoms with Crippen molar-refractivity contribution in [1.29, 1.82) is 0 Å². The van der Waals surface area contributed by atoms with Gasteiger partial charge in [-0.25, -0.2) is 0 Å². The first-order valence-electron chi connectivity index (χ1n) is 5.84. The minimum Gasteiger partial charge on any atom is -0.466 e. The Morgan fingerprint density at radius 1 is 1.56 bits per heavy atom. The molecule has 2 nitrogen and oxygen atoms in total. The van der Waals surface area contributed by atoms with Crippen molar-refractivity contribution in [3.05, 3.63) is 43.4 Å². The highest BCUT2D eigenvalue weighted by Crippen LogP contribution is 2.38. The highest BCUT2D eigenvalue weighted by molar-refractivity contribution is 9.10. The van der Waals surface area contributed by atoms with Gasteiger partial charge in [-0.1, -0.05) is 18.5 Å². The Balaban J connectivity index is 2.37. The van der Waals surface area contributed by atoms with Crippen molar-refractivity contribution in [2.75, 3.05) is 6.54 Å². The molecule has 1 N–H and O–H groups in total. The summed E-state index contributed by atoms with van der Waals surface area (Å²) in [5.41, 5.74) is 1.11. The van der Waals surface area contributed by atoms with Gasteiger partial charge in [0, 0.05) is 4.88 Å². The Morgan fingerprint density at radius 3 is 2.83 bits per heavy atom. The minimum absolute atomic E-state index is 0.0144. The van der Waals surface area contributed by atoms with Crippen LogP contribution in [0.2, 0.25) is 5.02 Å². The fraction of sp³-hybridized carbons (Fsp3) is 0.385. The zero-order valence-electron chi connectivity index (χ0n) is 10.3. The van der Waals surface area contributed by atoms with Crippen LogP contribution >= 0.6 is 38.9 Å². The summed E-state index contributed by atoms with van der Waals surface area (Å²) in [6.45, 7) is 5.09. The molecule has 0 fully saturated rings. The van der Waals surface area contributed by atoms with Crippen LogP contribution in [0.1, 0.15) is 35.6 Å². The molecule has 0 radical (unpaired) electrons. The Morgan fingerprint density at radius 2 is 2.33 bits per heavy atom. The fourth-order valence-corrected chi connectivity index (χ4v) is 3.55. The number of aryl methyl sites for hydroxylation is 1. The number of rotatable bonds is 5. The summed E-state index contributed by atoms with van der Waals surface area (Å²) in [7, 11) is 0. The standard InChI is InChI=1S/C13H15BrClNOS/c1-3-5-16-11(12-9(14)4-6-17-12)13-10(15)8(2)7-18-13/h4,6-7,11,16H,3,5H2,1-2H3. The molecule has 0 amide bonds. The maximum atomic E-state index is 6.37. The van der Waals surface area contributed by atoms with E-state index >= 15 is 0 Å². The lowest BCUT2D eigenvalue weighted by Crippen LogP contribution is -2.22. The highest BCUT2D eigenvalue weighted by Gasteiger charge is 2.24. The van der Waals surface area contributed by atoms with E-state index in [2.05, 4.69) is 33.6 Å². The lowest BCUT2D eigenvalue weighted by atomic mass is 10.1. The van der Waals surface area contributed by atoms with Crippen molar-refractivity contribution < 1.29 is 4.42 Å². The largest absolute Gasteiger partial charge is 0.466 e. The Hall–Kier alpha value is -0.290. The van der Waals surface area contributed by atoms with Gasteiger partial charge >= 0.3 is 0 Å². The van der Waals surface area contributed by atoms with Crippen LogP contribution in [0, 0.1) is 6.92 Å². The number of halogens is 2. The average Bonchev–Trinajstić information content (AvgIpc) is 2.91. The summed E-state index contributed by atoms with van der Waals surface area (Å²) in [4.78, 5) is 1.11. The molecule has 1 unspecified atom stereocenters. The van der Waals surface area contributed by atoms with E-state index < -0.39 is 0 Å².